The SMILES string of the molecule is CC/C(C)=C\CC(=O)c1ccc(Br)cc1. The van der Waals surface area contributed by atoms with Gasteiger partial charge in [-0.05, 0) is 25.5 Å². The molecule has 0 fully saturated rings. The number of ketones is 1. The molecule has 0 radical (unpaired) electrons. The summed E-state index contributed by atoms with van der Waals surface area (Å²) in [6, 6.07) is 7.48. The Morgan fingerprint density at radius 1 is 1.33 bits per heavy atom. The van der Waals surface area contributed by atoms with Crippen LogP contribution in [-0.4, -0.2) is 5.78 Å². The molecule has 1 nitrogen and oxygen atoms in total. The first-order valence-corrected chi connectivity index (χ1v) is 5.87. The van der Waals surface area contributed by atoms with Crippen LogP contribution in [0.25, 0.3) is 0 Å². The van der Waals surface area contributed by atoms with Gasteiger partial charge in [-0.3, -0.25) is 4.79 Å². The second-order valence-electron chi connectivity index (χ2n) is 3.54. The molecule has 1 aromatic carbocycles. The van der Waals surface area contributed by atoms with Crippen molar-refractivity contribution in [2.24, 2.45) is 0 Å². The zero-order valence-electron chi connectivity index (χ0n) is 9.09. The van der Waals surface area contributed by atoms with Crippen LogP contribution in [0.15, 0.2) is 40.4 Å². The van der Waals surface area contributed by atoms with Gasteiger partial charge >= 0.3 is 0 Å². The molecule has 1 aromatic rings. The minimum atomic E-state index is 0.176. The van der Waals surface area contributed by atoms with Crippen molar-refractivity contribution < 1.29 is 4.79 Å². The maximum atomic E-state index is 11.7. The second-order valence-corrected chi connectivity index (χ2v) is 4.45. The highest BCUT2D eigenvalue weighted by Crippen LogP contribution is 2.12. The fourth-order valence-electron chi connectivity index (χ4n) is 1.16. The van der Waals surface area contributed by atoms with Crippen LogP contribution in [0.3, 0.4) is 0 Å². The van der Waals surface area contributed by atoms with Gasteiger partial charge in [0.05, 0.1) is 0 Å². The number of carbonyl (C=O) groups is 1. The van der Waals surface area contributed by atoms with Crippen LogP contribution < -0.4 is 0 Å². The maximum absolute atomic E-state index is 11.7. The minimum absolute atomic E-state index is 0.176. The summed E-state index contributed by atoms with van der Waals surface area (Å²) in [6.45, 7) is 4.14. The molecule has 0 bridgehead atoms. The molecule has 0 spiro atoms. The Morgan fingerprint density at radius 2 is 1.93 bits per heavy atom. The molecule has 2 heteroatoms. The molecular formula is C13H15BrO. The smallest absolute Gasteiger partial charge is 0.166 e. The van der Waals surface area contributed by atoms with E-state index in [4.69, 9.17) is 0 Å². The highest BCUT2D eigenvalue weighted by molar-refractivity contribution is 9.10. The third-order valence-corrected chi connectivity index (χ3v) is 2.89. The topological polar surface area (TPSA) is 17.1 Å². The number of allylic oxidation sites excluding steroid dienone is 2. The molecule has 0 aliphatic rings. The van der Waals surface area contributed by atoms with Crippen LogP contribution in [0.1, 0.15) is 37.0 Å². The zero-order valence-corrected chi connectivity index (χ0v) is 10.7. The maximum Gasteiger partial charge on any atom is 0.166 e. The lowest BCUT2D eigenvalue weighted by molar-refractivity contribution is 0.0995. The lowest BCUT2D eigenvalue weighted by Crippen LogP contribution is -1.96. The van der Waals surface area contributed by atoms with Gasteiger partial charge in [0.25, 0.3) is 0 Å². The molecule has 0 saturated carbocycles. The molecule has 0 amide bonds. The van der Waals surface area contributed by atoms with Crippen LogP contribution in [0.5, 0.6) is 0 Å². The molecule has 0 unspecified atom stereocenters. The molecule has 0 heterocycles. The van der Waals surface area contributed by atoms with Crippen molar-refractivity contribution in [1.29, 1.82) is 0 Å². The van der Waals surface area contributed by atoms with Crippen molar-refractivity contribution in [3.63, 3.8) is 0 Å². The molecule has 1 rings (SSSR count). The minimum Gasteiger partial charge on any atom is -0.294 e. The average Bonchev–Trinajstić information content (AvgIpc) is 2.26. The first kappa shape index (κ1) is 12.2. The Labute approximate surface area is 99.3 Å². The van der Waals surface area contributed by atoms with Crippen LogP contribution in [-0.2, 0) is 0 Å². The Hall–Kier alpha value is -0.890. The van der Waals surface area contributed by atoms with Crippen LogP contribution in [0.4, 0.5) is 0 Å². The number of Topliss-reactive ketones (excluding diaryl/α,β-unsaturated/α-hetero) is 1. The van der Waals surface area contributed by atoms with Gasteiger partial charge in [0.2, 0.25) is 0 Å². The molecule has 15 heavy (non-hydrogen) atoms. The van der Waals surface area contributed by atoms with Crippen LogP contribution in [0, 0.1) is 0 Å². The van der Waals surface area contributed by atoms with Crippen molar-refractivity contribution in [1.82, 2.24) is 0 Å². The van der Waals surface area contributed by atoms with Gasteiger partial charge < -0.3 is 0 Å². The molecule has 0 N–H and O–H groups in total. The summed E-state index contributed by atoms with van der Waals surface area (Å²) >= 11 is 3.34. The molecule has 0 aliphatic carbocycles. The first-order valence-electron chi connectivity index (χ1n) is 5.08. The Morgan fingerprint density at radius 3 is 2.47 bits per heavy atom. The number of hydrogen-bond donors (Lipinski definition) is 0. The van der Waals surface area contributed by atoms with Gasteiger partial charge in [-0.15, -0.1) is 0 Å². The van der Waals surface area contributed by atoms with Crippen molar-refractivity contribution in [3.8, 4) is 0 Å². The number of rotatable bonds is 4. The molecule has 0 aromatic heterocycles. The van der Waals surface area contributed by atoms with E-state index in [0.717, 1.165) is 16.5 Å². The number of hydrogen-bond acceptors (Lipinski definition) is 1. The highest BCUT2D eigenvalue weighted by atomic mass is 79.9. The molecule has 0 atom stereocenters. The van der Waals surface area contributed by atoms with Crippen LogP contribution >= 0.6 is 15.9 Å². The standard InChI is InChI=1S/C13H15BrO/c1-3-10(2)4-9-13(15)11-5-7-12(14)8-6-11/h4-8H,3,9H2,1-2H3/b10-4-. The zero-order chi connectivity index (χ0) is 11.3. The average molecular weight is 267 g/mol. The highest BCUT2D eigenvalue weighted by Gasteiger charge is 2.03. The lowest BCUT2D eigenvalue weighted by Gasteiger charge is -1.99. The van der Waals surface area contributed by atoms with Crippen molar-refractivity contribution in [2.75, 3.05) is 0 Å². The molecule has 80 valence electrons. The molecule has 0 aliphatic heterocycles. The summed E-state index contributed by atoms with van der Waals surface area (Å²) in [4.78, 5) is 11.7. The van der Waals surface area contributed by atoms with E-state index in [1.54, 1.807) is 0 Å². The summed E-state index contributed by atoms with van der Waals surface area (Å²) in [5.74, 6) is 0.176. The van der Waals surface area contributed by atoms with Gasteiger partial charge in [0, 0.05) is 16.5 Å². The van der Waals surface area contributed by atoms with Gasteiger partial charge in [-0.1, -0.05) is 46.6 Å². The predicted octanol–water partition coefficient (Wildman–Crippen LogP) is 4.38. The van der Waals surface area contributed by atoms with E-state index in [0.29, 0.717) is 6.42 Å². The third-order valence-electron chi connectivity index (χ3n) is 2.36. The summed E-state index contributed by atoms with van der Waals surface area (Å²) in [5.41, 5.74) is 2.04. The largest absolute Gasteiger partial charge is 0.294 e. The van der Waals surface area contributed by atoms with E-state index >= 15 is 0 Å². The fraction of sp³-hybridized carbons (Fsp3) is 0.308. The Balaban J connectivity index is 2.66. The Kier molecular flexibility index (Phi) is 4.76. The lowest BCUT2D eigenvalue weighted by atomic mass is 10.1. The number of halogens is 1. The summed E-state index contributed by atoms with van der Waals surface area (Å²) < 4.78 is 0.999. The summed E-state index contributed by atoms with van der Waals surface area (Å²) in [7, 11) is 0. The Bertz CT molecular complexity index is 363. The molecule has 0 saturated heterocycles. The molecular weight excluding hydrogens is 252 g/mol. The van der Waals surface area contributed by atoms with E-state index in [2.05, 4.69) is 29.8 Å². The first-order chi connectivity index (χ1) is 7.13. The fourth-order valence-corrected chi connectivity index (χ4v) is 1.43. The van der Waals surface area contributed by atoms with Crippen molar-refractivity contribution >= 4 is 21.7 Å². The van der Waals surface area contributed by atoms with E-state index in [-0.39, 0.29) is 5.78 Å². The number of benzene rings is 1. The van der Waals surface area contributed by atoms with Gasteiger partial charge in [0.1, 0.15) is 0 Å². The monoisotopic (exact) mass is 266 g/mol. The van der Waals surface area contributed by atoms with E-state index in [1.165, 1.54) is 5.57 Å². The second kappa shape index (κ2) is 5.86. The van der Waals surface area contributed by atoms with Gasteiger partial charge in [0.15, 0.2) is 5.78 Å². The van der Waals surface area contributed by atoms with E-state index in [9.17, 15) is 4.79 Å². The van der Waals surface area contributed by atoms with Crippen molar-refractivity contribution in [3.05, 3.63) is 46.0 Å². The quantitative estimate of drug-likeness (QED) is 0.584. The summed E-state index contributed by atoms with van der Waals surface area (Å²) in [5, 5.41) is 0. The normalized spacial score (nSPS) is 11.5. The number of carbonyl (C=O) groups excluding carboxylic acids is 1. The van der Waals surface area contributed by atoms with Crippen LogP contribution in [0.2, 0.25) is 0 Å². The van der Waals surface area contributed by atoms with E-state index in [1.807, 2.05) is 30.3 Å². The van der Waals surface area contributed by atoms with Gasteiger partial charge in [-0.2, -0.15) is 0 Å². The van der Waals surface area contributed by atoms with E-state index < -0.39 is 0 Å². The van der Waals surface area contributed by atoms with Crippen molar-refractivity contribution in [2.45, 2.75) is 26.7 Å². The predicted molar refractivity (Wildman–Crippen MR) is 67.1 cm³/mol. The van der Waals surface area contributed by atoms with Gasteiger partial charge in [-0.25, -0.2) is 0 Å². The summed E-state index contributed by atoms with van der Waals surface area (Å²) in [6.07, 6.45) is 3.51. The third kappa shape index (κ3) is 4.00.